The van der Waals surface area contributed by atoms with Gasteiger partial charge in [-0.05, 0) is 50.4 Å². The van der Waals surface area contributed by atoms with E-state index in [0.717, 1.165) is 37.7 Å². The Morgan fingerprint density at radius 1 is 1.21 bits per heavy atom. The number of ether oxygens (including phenoxy) is 1. The molecular weight excluding hydrogens is 174 g/mol. The Balaban J connectivity index is 1.69. The van der Waals surface area contributed by atoms with E-state index < -0.39 is 0 Å². The van der Waals surface area contributed by atoms with Gasteiger partial charge < -0.3 is 4.74 Å². The molecule has 3 aliphatic rings. The highest BCUT2D eigenvalue weighted by Gasteiger charge is 2.48. The minimum Gasteiger partial charge on any atom is -0.375 e. The molecule has 2 heteroatoms. The second-order valence-corrected chi connectivity index (χ2v) is 5.36. The van der Waals surface area contributed by atoms with Gasteiger partial charge in [0, 0.05) is 5.92 Å². The monoisotopic (exact) mass is 191 g/mol. The van der Waals surface area contributed by atoms with Crippen molar-refractivity contribution in [2.75, 3.05) is 6.61 Å². The lowest BCUT2D eigenvalue weighted by molar-refractivity contribution is -0.0458. The maximum atomic E-state index is 8.91. The van der Waals surface area contributed by atoms with Crippen LogP contribution in [0.4, 0.5) is 0 Å². The number of hydrogen-bond acceptors (Lipinski definition) is 2. The third-order valence-electron chi connectivity index (χ3n) is 4.39. The molecule has 3 rings (SSSR count). The van der Waals surface area contributed by atoms with Gasteiger partial charge in [0.2, 0.25) is 0 Å². The molecule has 3 fully saturated rings. The summed E-state index contributed by atoms with van der Waals surface area (Å²) in [5.74, 6) is 2.11. The topological polar surface area (TPSA) is 33.0 Å². The third-order valence-corrected chi connectivity index (χ3v) is 4.39. The molecule has 0 aromatic carbocycles. The molecule has 1 spiro atoms. The minimum absolute atomic E-state index is 0.119. The molecule has 4 atom stereocenters. The number of nitrogens with zero attached hydrogens (tertiary/aromatic N) is 1. The minimum atomic E-state index is 0.119. The van der Waals surface area contributed by atoms with E-state index in [-0.39, 0.29) is 11.5 Å². The lowest BCUT2D eigenvalue weighted by atomic mass is 9.93. The molecule has 0 N–H and O–H groups in total. The van der Waals surface area contributed by atoms with E-state index in [2.05, 4.69) is 6.07 Å². The van der Waals surface area contributed by atoms with E-state index in [1.165, 1.54) is 19.3 Å². The summed E-state index contributed by atoms with van der Waals surface area (Å²) >= 11 is 0. The largest absolute Gasteiger partial charge is 0.375 e. The third kappa shape index (κ3) is 1.35. The van der Waals surface area contributed by atoms with Crippen molar-refractivity contribution in [1.82, 2.24) is 0 Å². The Labute approximate surface area is 85.2 Å². The van der Waals surface area contributed by atoms with E-state index in [1.807, 2.05) is 0 Å². The van der Waals surface area contributed by atoms with Crippen molar-refractivity contribution in [1.29, 1.82) is 5.26 Å². The van der Waals surface area contributed by atoms with Crippen LogP contribution in [0.3, 0.4) is 0 Å². The standard InChI is InChI=1S/C12H17NO/c13-7-9-1-3-12(6-9)4-2-10-5-11(10)8-14-12/h9-11H,1-6,8H2/t9-,10-,11+,12+/m1/s1. The van der Waals surface area contributed by atoms with Crippen molar-refractivity contribution < 1.29 is 4.74 Å². The highest BCUT2D eigenvalue weighted by atomic mass is 16.5. The first kappa shape index (κ1) is 8.73. The van der Waals surface area contributed by atoms with E-state index in [0.29, 0.717) is 0 Å². The van der Waals surface area contributed by atoms with Gasteiger partial charge >= 0.3 is 0 Å². The van der Waals surface area contributed by atoms with Gasteiger partial charge in [0.25, 0.3) is 0 Å². The van der Waals surface area contributed by atoms with Gasteiger partial charge in [-0.2, -0.15) is 5.26 Å². The molecule has 1 aliphatic heterocycles. The first-order chi connectivity index (χ1) is 6.81. The summed E-state index contributed by atoms with van der Waals surface area (Å²) in [6.45, 7) is 0.975. The molecule has 76 valence electrons. The summed E-state index contributed by atoms with van der Waals surface area (Å²) in [5.41, 5.74) is 0.119. The Kier molecular flexibility index (Phi) is 1.85. The zero-order valence-corrected chi connectivity index (χ0v) is 8.54. The predicted octanol–water partition coefficient (Wildman–Crippen LogP) is 2.50. The first-order valence-corrected chi connectivity index (χ1v) is 5.85. The zero-order valence-electron chi connectivity index (χ0n) is 8.54. The van der Waals surface area contributed by atoms with Gasteiger partial charge in [-0.25, -0.2) is 0 Å². The molecule has 2 nitrogen and oxygen atoms in total. The van der Waals surface area contributed by atoms with Gasteiger partial charge in [-0.1, -0.05) is 0 Å². The van der Waals surface area contributed by atoms with Crippen molar-refractivity contribution in [2.24, 2.45) is 17.8 Å². The normalized spacial score (nSPS) is 50.9. The molecular formula is C12H17NO. The highest BCUT2D eigenvalue weighted by Crippen LogP contribution is 2.51. The summed E-state index contributed by atoms with van der Waals surface area (Å²) in [5, 5.41) is 8.91. The van der Waals surface area contributed by atoms with Crippen LogP contribution in [0.1, 0.15) is 38.5 Å². The van der Waals surface area contributed by atoms with Crippen LogP contribution in [-0.2, 0) is 4.74 Å². The molecule has 0 unspecified atom stereocenters. The first-order valence-electron chi connectivity index (χ1n) is 5.85. The van der Waals surface area contributed by atoms with Gasteiger partial charge in [0.1, 0.15) is 0 Å². The highest BCUT2D eigenvalue weighted by molar-refractivity contribution is 5.02. The van der Waals surface area contributed by atoms with E-state index in [1.54, 1.807) is 0 Å². The Morgan fingerprint density at radius 2 is 2.07 bits per heavy atom. The van der Waals surface area contributed by atoms with Crippen molar-refractivity contribution in [3.8, 4) is 6.07 Å². The van der Waals surface area contributed by atoms with Crippen LogP contribution < -0.4 is 0 Å². The lowest BCUT2D eigenvalue weighted by Crippen LogP contribution is -2.29. The zero-order chi connectivity index (χ0) is 9.60. The van der Waals surface area contributed by atoms with Gasteiger partial charge in [-0.3, -0.25) is 0 Å². The van der Waals surface area contributed by atoms with Crippen LogP contribution in [0.5, 0.6) is 0 Å². The van der Waals surface area contributed by atoms with Crippen LogP contribution in [0.2, 0.25) is 0 Å². The molecule has 1 saturated heterocycles. The molecule has 14 heavy (non-hydrogen) atoms. The van der Waals surface area contributed by atoms with Crippen molar-refractivity contribution >= 4 is 0 Å². The SMILES string of the molecule is N#C[C@@H]1CC[C@]2(CC[C@@H]3C[C@H]3CO2)C1. The molecule has 0 aromatic rings. The van der Waals surface area contributed by atoms with Crippen LogP contribution in [0.15, 0.2) is 0 Å². The average Bonchev–Trinajstić information content (AvgIpc) is 2.86. The molecule has 2 saturated carbocycles. The molecule has 1 heterocycles. The summed E-state index contributed by atoms with van der Waals surface area (Å²) < 4.78 is 6.09. The van der Waals surface area contributed by atoms with Crippen molar-refractivity contribution in [3.63, 3.8) is 0 Å². The number of fused-ring (bicyclic) bond motifs is 1. The Hall–Kier alpha value is -0.550. The Morgan fingerprint density at radius 3 is 2.86 bits per heavy atom. The lowest BCUT2D eigenvalue weighted by Gasteiger charge is -2.28. The summed E-state index contributed by atoms with van der Waals surface area (Å²) in [6, 6.07) is 2.40. The fourth-order valence-corrected chi connectivity index (χ4v) is 3.23. The maximum Gasteiger partial charge on any atom is 0.0695 e. The van der Waals surface area contributed by atoms with Gasteiger partial charge in [0.15, 0.2) is 0 Å². The van der Waals surface area contributed by atoms with Crippen molar-refractivity contribution in [3.05, 3.63) is 0 Å². The van der Waals surface area contributed by atoms with Gasteiger partial charge in [0.05, 0.1) is 18.3 Å². The molecule has 0 radical (unpaired) electrons. The summed E-state index contributed by atoms with van der Waals surface area (Å²) in [7, 11) is 0. The van der Waals surface area contributed by atoms with Crippen molar-refractivity contribution in [2.45, 2.75) is 44.1 Å². The fourth-order valence-electron chi connectivity index (χ4n) is 3.23. The van der Waals surface area contributed by atoms with E-state index in [9.17, 15) is 0 Å². The number of hydrogen-bond donors (Lipinski definition) is 0. The van der Waals surface area contributed by atoms with Crippen LogP contribution in [0.25, 0.3) is 0 Å². The number of rotatable bonds is 0. The number of nitriles is 1. The molecule has 2 aliphatic carbocycles. The van der Waals surface area contributed by atoms with E-state index >= 15 is 0 Å². The predicted molar refractivity (Wildman–Crippen MR) is 52.5 cm³/mol. The molecule has 0 bridgehead atoms. The second-order valence-electron chi connectivity index (χ2n) is 5.36. The molecule has 0 aromatic heterocycles. The van der Waals surface area contributed by atoms with Crippen LogP contribution in [0, 0.1) is 29.1 Å². The maximum absolute atomic E-state index is 8.91. The molecule has 0 amide bonds. The van der Waals surface area contributed by atoms with Gasteiger partial charge in [-0.15, -0.1) is 0 Å². The fraction of sp³-hybridized carbons (Fsp3) is 0.917. The quantitative estimate of drug-likeness (QED) is 0.589. The summed E-state index contributed by atoms with van der Waals surface area (Å²) in [6.07, 6.45) is 7.16. The Bertz CT molecular complexity index is 269. The second kappa shape index (κ2) is 2.97. The van der Waals surface area contributed by atoms with Crippen LogP contribution in [-0.4, -0.2) is 12.2 Å². The van der Waals surface area contributed by atoms with Crippen LogP contribution >= 0.6 is 0 Å². The average molecular weight is 191 g/mol. The van der Waals surface area contributed by atoms with E-state index in [4.69, 9.17) is 10.00 Å². The summed E-state index contributed by atoms with van der Waals surface area (Å²) in [4.78, 5) is 0. The smallest absolute Gasteiger partial charge is 0.0695 e.